The van der Waals surface area contributed by atoms with Crippen molar-refractivity contribution in [2.75, 3.05) is 19.6 Å². The van der Waals surface area contributed by atoms with Gasteiger partial charge in [0.25, 0.3) is 6.71 Å². The number of benzene rings is 15. The second kappa shape index (κ2) is 23.2. The normalized spacial score (nSPS) is 12.8. The Morgan fingerprint density at radius 1 is 0.293 bits per heavy atom. The molecule has 16 aromatic rings. The van der Waals surface area contributed by atoms with Crippen LogP contribution in [0, 0.1) is 0 Å². The minimum absolute atomic E-state index is 0.219. The van der Waals surface area contributed by atoms with Gasteiger partial charge >= 0.3 is 0 Å². The first-order valence-electron chi connectivity index (χ1n) is 34.0. The molecule has 0 aliphatic carbocycles. The second-order valence-corrected chi connectivity index (χ2v) is 26.9. The summed E-state index contributed by atoms with van der Waals surface area (Å²) in [5.41, 5.74) is 27.9. The van der Waals surface area contributed by atoms with Gasteiger partial charge in [0.05, 0.1) is 16.7 Å². The van der Waals surface area contributed by atoms with E-state index in [1.165, 1.54) is 26.7 Å². The van der Waals surface area contributed by atoms with E-state index >= 15 is 0 Å². The highest BCUT2D eigenvalue weighted by Gasteiger charge is 2.49. The van der Waals surface area contributed by atoms with Crippen LogP contribution in [0.1, 0.15) is 0 Å². The summed E-state index contributed by atoms with van der Waals surface area (Å²) in [6.45, 7) is -0.496. The summed E-state index contributed by atoms with van der Waals surface area (Å²) >= 11 is 1.88. The third-order valence-corrected chi connectivity index (χ3v) is 21.6. The van der Waals surface area contributed by atoms with E-state index in [-0.39, 0.29) is 13.4 Å². The van der Waals surface area contributed by atoms with Crippen molar-refractivity contribution >= 4 is 148 Å². The molecule has 0 radical (unpaired) electrons. The van der Waals surface area contributed by atoms with Crippen LogP contribution in [0.3, 0.4) is 0 Å². The van der Waals surface area contributed by atoms with Gasteiger partial charge in [-0.15, -0.1) is 0 Å². The Kier molecular flexibility index (Phi) is 13.3. The molecule has 20 rings (SSSR count). The van der Waals surface area contributed by atoms with Gasteiger partial charge in [-0.25, -0.2) is 0 Å². The van der Waals surface area contributed by atoms with Crippen molar-refractivity contribution < 1.29 is 4.74 Å². The monoisotopic (exact) mass is 1280 g/mol. The summed E-state index contributed by atoms with van der Waals surface area (Å²) < 4.78 is 11.0. The molecule has 0 spiro atoms. The van der Waals surface area contributed by atoms with Crippen LogP contribution in [0.4, 0.5) is 68.2 Å². The molecule has 462 valence electrons. The van der Waals surface area contributed by atoms with E-state index < -0.39 is 0 Å². The number of rotatable bonds is 11. The zero-order chi connectivity index (χ0) is 65.1. The van der Waals surface area contributed by atoms with Gasteiger partial charge in [0, 0.05) is 89.2 Å². The van der Waals surface area contributed by atoms with Crippen molar-refractivity contribution in [3.8, 4) is 39.4 Å². The first kappa shape index (κ1) is 56.9. The number of hydrogen-bond acceptors (Lipinski definition) is 6. The highest BCUT2D eigenvalue weighted by molar-refractivity contribution is 8.00. The first-order valence-corrected chi connectivity index (χ1v) is 34.8. The Morgan fingerprint density at radius 2 is 0.687 bits per heavy atom. The number of para-hydroxylation sites is 8. The predicted molar refractivity (Wildman–Crippen MR) is 417 cm³/mol. The molecule has 0 saturated carbocycles. The highest BCUT2D eigenvalue weighted by Crippen LogP contribution is 2.53. The van der Waals surface area contributed by atoms with E-state index in [4.69, 9.17) is 4.74 Å². The standard InChI is InChI=1S/C90H59B2N5OS/c1-9-29-60(30-10-1)62-49-51-72-73-52-50-63(61-31-11-2-12-32-61)54-81(73)97(80(72)53-62)88-89-76(91-74-45-25-27-47-78(74)95(68-41-21-7-22-42-68)82-55-70(57-84(98-89)86(82)91)93(64-33-13-3-14-34-64)65-35-15-4-16-36-65)59-77-90(88)99-85-58-71(94(66-37-17-5-18-38-66)67-39-19-6-20-40-67)56-83-87(85)92(77)75-46-26-28-48-79(75)96(83)69-43-23-8-24-44-69/h1-59H. The molecule has 0 amide bonds. The van der Waals surface area contributed by atoms with Gasteiger partial charge in [-0.2, -0.15) is 0 Å². The molecule has 0 fully saturated rings. The van der Waals surface area contributed by atoms with Crippen molar-refractivity contribution in [3.63, 3.8) is 0 Å². The molecular weight excluding hydrogens is 1220 g/mol. The van der Waals surface area contributed by atoms with Crippen molar-refractivity contribution in [1.82, 2.24) is 4.57 Å². The molecule has 0 unspecified atom stereocenters. The number of hydrogen-bond donors (Lipinski definition) is 0. The van der Waals surface area contributed by atoms with Gasteiger partial charge in [0.1, 0.15) is 17.2 Å². The Morgan fingerprint density at radius 3 is 1.15 bits per heavy atom. The lowest BCUT2D eigenvalue weighted by atomic mass is 9.31. The summed E-state index contributed by atoms with van der Waals surface area (Å²) in [4.78, 5) is 12.1. The smallest absolute Gasteiger partial charge is 0.256 e. The van der Waals surface area contributed by atoms with Crippen LogP contribution in [-0.4, -0.2) is 18.0 Å². The number of anilines is 12. The van der Waals surface area contributed by atoms with Crippen LogP contribution in [0.15, 0.2) is 368 Å². The minimum atomic E-state index is -0.277. The average molecular weight is 1280 g/mol. The first-order chi connectivity index (χ1) is 49.1. The molecule has 0 N–H and O–H groups in total. The lowest BCUT2D eigenvalue weighted by molar-refractivity contribution is 0.484. The summed E-state index contributed by atoms with van der Waals surface area (Å²) in [6, 6.07) is 131. The molecule has 5 heterocycles. The van der Waals surface area contributed by atoms with Gasteiger partial charge < -0.3 is 28.9 Å². The van der Waals surface area contributed by atoms with Crippen molar-refractivity contribution in [1.29, 1.82) is 0 Å². The van der Waals surface area contributed by atoms with E-state index in [2.05, 4.69) is 382 Å². The molecule has 0 bridgehead atoms. The zero-order valence-electron chi connectivity index (χ0n) is 53.8. The van der Waals surface area contributed by atoms with Crippen LogP contribution in [0.2, 0.25) is 0 Å². The molecular formula is C90H59B2N5OS. The summed E-state index contributed by atoms with van der Waals surface area (Å²) in [7, 11) is 0. The molecule has 6 nitrogen and oxygen atoms in total. The minimum Gasteiger partial charge on any atom is -0.456 e. The van der Waals surface area contributed by atoms with E-state index in [0.717, 1.165) is 145 Å². The van der Waals surface area contributed by atoms with Crippen LogP contribution < -0.4 is 57.1 Å². The van der Waals surface area contributed by atoms with Crippen molar-refractivity contribution in [3.05, 3.63) is 358 Å². The summed E-state index contributed by atoms with van der Waals surface area (Å²) in [6.07, 6.45) is 0. The quantitative estimate of drug-likeness (QED) is 0.120. The molecule has 0 saturated heterocycles. The predicted octanol–water partition coefficient (Wildman–Crippen LogP) is 20.2. The molecule has 99 heavy (non-hydrogen) atoms. The lowest BCUT2D eigenvalue weighted by Gasteiger charge is -2.44. The Balaban J connectivity index is 0.941. The van der Waals surface area contributed by atoms with Gasteiger partial charge in [-0.1, -0.05) is 254 Å². The van der Waals surface area contributed by atoms with Gasteiger partial charge in [-0.05, 0) is 165 Å². The van der Waals surface area contributed by atoms with Crippen molar-refractivity contribution in [2.24, 2.45) is 0 Å². The third kappa shape index (κ3) is 9.15. The Bertz CT molecular complexity index is 5400. The fourth-order valence-corrected chi connectivity index (χ4v) is 17.5. The second-order valence-electron chi connectivity index (χ2n) is 25.9. The van der Waals surface area contributed by atoms with Crippen LogP contribution in [0.5, 0.6) is 11.5 Å². The van der Waals surface area contributed by atoms with E-state index in [1.807, 2.05) is 11.8 Å². The average Bonchev–Trinajstić information content (AvgIpc) is 1.40. The van der Waals surface area contributed by atoms with Crippen molar-refractivity contribution in [2.45, 2.75) is 9.79 Å². The number of aromatic nitrogens is 1. The largest absolute Gasteiger partial charge is 0.456 e. The molecule has 15 aromatic carbocycles. The third-order valence-electron chi connectivity index (χ3n) is 20.4. The topological polar surface area (TPSA) is 27.1 Å². The van der Waals surface area contributed by atoms with Crippen LogP contribution in [0.25, 0.3) is 49.7 Å². The van der Waals surface area contributed by atoms with Gasteiger partial charge in [0.15, 0.2) is 0 Å². The van der Waals surface area contributed by atoms with E-state index in [1.54, 1.807) is 0 Å². The molecule has 9 heteroatoms. The maximum atomic E-state index is 8.35. The zero-order valence-corrected chi connectivity index (χ0v) is 54.6. The lowest BCUT2D eigenvalue weighted by Crippen LogP contribution is -2.63. The summed E-state index contributed by atoms with van der Waals surface area (Å²) in [5.74, 6) is 1.63. The molecule has 4 aliphatic heterocycles. The molecule has 4 aliphatic rings. The summed E-state index contributed by atoms with van der Waals surface area (Å²) in [5, 5.41) is 2.32. The Labute approximate surface area is 580 Å². The molecule has 0 atom stereocenters. The molecule has 1 aromatic heterocycles. The van der Waals surface area contributed by atoms with E-state index in [9.17, 15) is 0 Å². The SMILES string of the molecule is c1ccc(-c2ccc3c4ccc(-c5ccccc5)cc4n(-c4c5c(cc6c4Sc4cc(N(c7ccccc7)c7ccccc7)cc7c4B6c4ccccc4N7c4ccccc4)B4c6ccccc6N(c6ccccc6)c6cc(N(c7ccccc7)c7ccccc7)cc(c64)O5)c3c2)cc1. The van der Waals surface area contributed by atoms with Crippen LogP contribution in [-0.2, 0) is 0 Å². The Hall–Kier alpha value is -12.4. The van der Waals surface area contributed by atoms with Gasteiger partial charge in [-0.3, -0.25) is 0 Å². The van der Waals surface area contributed by atoms with Gasteiger partial charge in [0.2, 0.25) is 6.71 Å². The number of ether oxygens (including phenoxy) is 1. The highest BCUT2D eigenvalue weighted by atomic mass is 32.2. The maximum Gasteiger partial charge on any atom is 0.256 e. The fraction of sp³-hybridized carbons (Fsp3) is 0. The van der Waals surface area contributed by atoms with E-state index in [0.29, 0.717) is 0 Å². The fourth-order valence-electron chi connectivity index (χ4n) is 16.2. The number of nitrogens with zero attached hydrogens (tertiary/aromatic N) is 5. The number of fused-ring (bicyclic) bond motifs is 11. The van der Waals surface area contributed by atoms with Crippen LogP contribution >= 0.6 is 11.8 Å². The maximum absolute atomic E-state index is 8.35.